The zero-order valence-electron chi connectivity index (χ0n) is 9.70. The van der Waals surface area contributed by atoms with Crippen molar-refractivity contribution in [3.8, 4) is 5.75 Å². The Morgan fingerprint density at radius 1 is 1.38 bits per heavy atom. The quantitative estimate of drug-likeness (QED) is 0.766. The molecule has 0 spiro atoms. The Bertz CT molecular complexity index is 392. The zero-order chi connectivity index (χ0) is 11.0. The highest BCUT2D eigenvalue weighted by atomic mass is 16.5. The molecule has 3 nitrogen and oxygen atoms in total. The van der Waals surface area contributed by atoms with E-state index in [1.807, 2.05) is 0 Å². The van der Waals surface area contributed by atoms with Crippen LogP contribution in [0, 0.1) is 0 Å². The van der Waals surface area contributed by atoms with E-state index in [0.717, 1.165) is 25.3 Å². The normalized spacial score (nSPS) is 24.7. The molecule has 0 bridgehead atoms. The number of hydrogen-bond donors (Lipinski definition) is 1. The molecular formula is C13H18N2O. The van der Waals surface area contributed by atoms with E-state index in [1.165, 1.54) is 24.2 Å². The highest BCUT2D eigenvalue weighted by Crippen LogP contribution is 2.32. The van der Waals surface area contributed by atoms with Crippen molar-refractivity contribution in [2.75, 3.05) is 33.3 Å². The summed E-state index contributed by atoms with van der Waals surface area (Å²) in [4.78, 5) is 2.59. The minimum absolute atomic E-state index is 0.573. The van der Waals surface area contributed by atoms with Gasteiger partial charge in [0.15, 0.2) is 0 Å². The third kappa shape index (κ3) is 1.60. The maximum absolute atomic E-state index is 5.29. The molecule has 0 aliphatic carbocycles. The van der Waals surface area contributed by atoms with E-state index < -0.39 is 0 Å². The molecule has 1 N–H and O–H groups in total. The van der Waals surface area contributed by atoms with Gasteiger partial charge in [-0.1, -0.05) is 6.07 Å². The molecule has 2 heterocycles. The van der Waals surface area contributed by atoms with Gasteiger partial charge in [0, 0.05) is 32.2 Å². The minimum atomic E-state index is 0.573. The second kappa shape index (κ2) is 4.07. The molecule has 0 amide bonds. The van der Waals surface area contributed by atoms with Gasteiger partial charge in [-0.15, -0.1) is 0 Å². The molecule has 0 unspecified atom stereocenters. The summed E-state index contributed by atoms with van der Waals surface area (Å²) in [5.41, 5.74) is 2.95. The minimum Gasteiger partial charge on any atom is -0.497 e. The average Bonchev–Trinajstić information content (AvgIpc) is 2.38. The van der Waals surface area contributed by atoms with E-state index in [0.29, 0.717) is 6.04 Å². The number of rotatable bonds is 1. The fourth-order valence-electron chi connectivity index (χ4n) is 2.84. The third-order valence-electron chi connectivity index (χ3n) is 3.73. The number of piperazine rings is 1. The van der Waals surface area contributed by atoms with Gasteiger partial charge in [0.05, 0.1) is 7.11 Å². The molecule has 0 radical (unpaired) electrons. The number of ether oxygens (including phenoxy) is 1. The zero-order valence-corrected chi connectivity index (χ0v) is 9.70. The van der Waals surface area contributed by atoms with Gasteiger partial charge in [0.2, 0.25) is 0 Å². The van der Waals surface area contributed by atoms with Crippen LogP contribution in [-0.2, 0) is 6.42 Å². The van der Waals surface area contributed by atoms with Crippen LogP contribution in [0.4, 0.5) is 0 Å². The molecule has 16 heavy (non-hydrogen) atoms. The van der Waals surface area contributed by atoms with Crippen molar-refractivity contribution < 1.29 is 4.74 Å². The molecule has 1 aromatic carbocycles. The summed E-state index contributed by atoms with van der Waals surface area (Å²) < 4.78 is 5.29. The lowest BCUT2D eigenvalue weighted by molar-refractivity contribution is 0.151. The lowest BCUT2D eigenvalue weighted by Gasteiger charge is -2.40. The van der Waals surface area contributed by atoms with Gasteiger partial charge >= 0.3 is 0 Å². The van der Waals surface area contributed by atoms with E-state index in [9.17, 15) is 0 Å². The van der Waals surface area contributed by atoms with Gasteiger partial charge in [0.1, 0.15) is 5.75 Å². The maximum Gasteiger partial charge on any atom is 0.119 e. The number of fused-ring (bicyclic) bond motifs is 3. The van der Waals surface area contributed by atoms with Crippen molar-refractivity contribution in [1.29, 1.82) is 0 Å². The van der Waals surface area contributed by atoms with E-state index in [2.05, 4.69) is 28.4 Å². The van der Waals surface area contributed by atoms with Gasteiger partial charge in [-0.3, -0.25) is 4.90 Å². The molecule has 1 atom stereocenters. The number of methoxy groups -OCH3 is 1. The van der Waals surface area contributed by atoms with Crippen molar-refractivity contribution in [3.05, 3.63) is 29.3 Å². The summed E-state index contributed by atoms with van der Waals surface area (Å²) in [5.74, 6) is 0.982. The number of nitrogens with zero attached hydrogens (tertiary/aromatic N) is 1. The predicted molar refractivity (Wildman–Crippen MR) is 63.9 cm³/mol. The summed E-state index contributed by atoms with van der Waals surface area (Å²) in [6.07, 6.45) is 1.16. The van der Waals surface area contributed by atoms with Crippen molar-refractivity contribution in [2.24, 2.45) is 0 Å². The monoisotopic (exact) mass is 218 g/mol. The first kappa shape index (κ1) is 10.1. The van der Waals surface area contributed by atoms with Crippen LogP contribution in [0.25, 0.3) is 0 Å². The van der Waals surface area contributed by atoms with Crippen LogP contribution in [-0.4, -0.2) is 38.2 Å². The predicted octanol–water partition coefficient (Wildman–Crippen LogP) is 1.20. The SMILES string of the molecule is COc1ccc2c(c1)CCN1CCNC[C@H]21. The number of hydrogen-bond acceptors (Lipinski definition) is 3. The summed E-state index contributed by atoms with van der Waals surface area (Å²) in [6, 6.07) is 7.08. The maximum atomic E-state index is 5.29. The van der Waals surface area contributed by atoms with E-state index >= 15 is 0 Å². The van der Waals surface area contributed by atoms with Crippen molar-refractivity contribution in [1.82, 2.24) is 10.2 Å². The van der Waals surface area contributed by atoms with E-state index in [-0.39, 0.29) is 0 Å². The molecule has 2 aliphatic rings. The molecule has 1 aromatic rings. The number of benzene rings is 1. The Labute approximate surface area is 96.4 Å². The van der Waals surface area contributed by atoms with Crippen LogP contribution in [0.1, 0.15) is 17.2 Å². The highest BCUT2D eigenvalue weighted by molar-refractivity contribution is 5.39. The van der Waals surface area contributed by atoms with Crippen molar-refractivity contribution in [2.45, 2.75) is 12.5 Å². The molecule has 3 rings (SSSR count). The van der Waals surface area contributed by atoms with Crippen LogP contribution in [0.3, 0.4) is 0 Å². The average molecular weight is 218 g/mol. The summed E-state index contributed by atoms with van der Waals surface area (Å²) in [7, 11) is 1.74. The van der Waals surface area contributed by atoms with Crippen LogP contribution in [0.5, 0.6) is 5.75 Å². The summed E-state index contributed by atoms with van der Waals surface area (Å²) in [5, 5.41) is 3.48. The van der Waals surface area contributed by atoms with Crippen molar-refractivity contribution in [3.63, 3.8) is 0 Å². The molecule has 86 valence electrons. The first-order chi connectivity index (χ1) is 7.88. The van der Waals surface area contributed by atoms with E-state index in [1.54, 1.807) is 7.11 Å². The Morgan fingerprint density at radius 3 is 3.19 bits per heavy atom. The van der Waals surface area contributed by atoms with Gasteiger partial charge in [0.25, 0.3) is 0 Å². The first-order valence-electron chi connectivity index (χ1n) is 6.00. The molecular weight excluding hydrogens is 200 g/mol. The van der Waals surface area contributed by atoms with Crippen LogP contribution in [0.2, 0.25) is 0 Å². The number of nitrogens with one attached hydrogen (secondary N) is 1. The molecule has 0 saturated carbocycles. The third-order valence-corrected chi connectivity index (χ3v) is 3.73. The fraction of sp³-hybridized carbons (Fsp3) is 0.538. The van der Waals surface area contributed by atoms with Crippen LogP contribution >= 0.6 is 0 Å². The lowest BCUT2D eigenvalue weighted by Crippen LogP contribution is -2.48. The van der Waals surface area contributed by atoms with Crippen LogP contribution in [0.15, 0.2) is 18.2 Å². The second-order valence-electron chi connectivity index (χ2n) is 4.57. The smallest absolute Gasteiger partial charge is 0.119 e. The molecule has 2 aliphatic heterocycles. The summed E-state index contributed by atoms with van der Waals surface area (Å²) in [6.45, 7) is 4.57. The standard InChI is InChI=1S/C13H18N2O/c1-16-11-2-3-12-10(8-11)4-6-15-7-5-14-9-13(12)15/h2-3,8,13-14H,4-7,9H2,1H3/t13-/m1/s1. The highest BCUT2D eigenvalue weighted by Gasteiger charge is 2.29. The molecule has 0 aromatic heterocycles. The fourth-order valence-corrected chi connectivity index (χ4v) is 2.84. The van der Waals surface area contributed by atoms with Gasteiger partial charge in [-0.25, -0.2) is 0 Å². The lowest BCUT2D eigenvalue weighted by atomic mass is 9.91. The molecule has 1 fully saturated rings. The second-order valence-corrected chi connectivity index (χ2v) is 4.57. The largest absolute Gasteiger partial charge is 0.497 e. The summed E-state index contributed by atoms with van der Waals surface area (Å²) >= 11 is 0. The van der Waals surface area contributed by atoms with Gasteiger partial charge < -0.3 is 10.1 Å². The van der Waals surface area contributed by atoms with Crippen molar-refractivity contribution >= 4 is 0 Å². The Hall–Kier alpha value is -1.06. The van der Waals surface area contributed by atoms with E-state index in [4.69, 9.17) is 4.74 Å². The Balaban J connectivity index is 1.96. The van der Waals surface area contributed by atoms with Gasteiger partial charge in [-0.05, 0) is 29.7 Å². The first-order valence-corrected chi connectivity index (χ1v) is 6.00. The Morgan fingerprint density at radius 2 is 2.31 bits per heavy atom. The van der Waals surface area contributed by atoms with Gasteiger partial charge in [-0.2, -0.15) is 0 Å². The Kier molecular flexibility index (Phi) is 2.58. The topological polar surface area (TPSA) is 24.5 Å². The molecule has 3 heteroatoms. The molecule has 1 saturated heterocycles. The van der Waals surface area contributed by atoms with Crippen LogP contribution < -0.4 is 10.1 Å².